The molecule has 170 valence electrons. The SMILES string of the molecule is COCCN(CCOC)C1=C(c2ccccc2OC)C(=O)N(c2cc(F)ccc2F)C1=O. The Bertz CT molecular complexity index is 1030. The standard InChI is InChI=1S/C23H24F2N2O5/c1-30-12-10-26(11-13-31-2)21-20(16-6-4-5-7-19(16)32-3)22(28)27(23(21)29)18-14-15(24)8-9-17(18)25/h4-9,14H,10-13H2,1-3H3. The van der Waals surface area contributed by atoms with Crippen LogP contribution >= 0.6 is 0 Å². The lowest BCUT2D eigenvalue weighted by molar-refractivity contribution is -0.120. The highest BCUT2D eigenvalue weighted by atomic mass is 19.1. The van der Waals surface area contributed by atoms with Crippen molar-refractivity contribution in [2.24, 2.45) is 0 Å². The summed E-state index contributed by atoms with van der Waals surface area (Å²) in [5.41, 5.74) is -0.0242. The highest BCUT2D eigenvalue weighted by Crippen LogP contribution is 2.39. The van der Waals surface area contributed by atoms with E-state index in [4.69, 9.17) is 14.2 Å². The fraction of sp³-hybridized carbons (Fsp3) is 0.304. The van der Waals surface area contributed by atoms with Crippen molar-refractivity contribution < 1.29 is 32.6 Å². The fourth-order valence-corrected chi connectivity index (χ4v) is 3.52. The molecule has 0 saturated carbocycles. The molecule has 7 nitrogen and oxygen atoms in total. The summed E-state index contributed by atoms with van der Waals surface area (Å²) >= 11 is 0. The van der Waals surface area contributed by atoms with Crippen LogP contribution < -0.4 is 9.64 Å². The van der Waals surface area contributed by atoms with Gasteiger partial charge in [0.15, 0.2) is 0 Å². The molecule has 9 heteroatoms. The minimum atomic E-state index is -0.894. The monoisotopic (exact) mass is 446 g/mol. The maximum absolute atomic E-state index is 14.6. The predicted molar refractivity (Wildman–Crippen MR) is 114 cm³/mol. The Kier molecular flexibility index (Phi) is 7.55. The zero-order chi connectivity index (χ0) is 23.3. The molecule has 0 atom stereocenters. The van der Waals surface area contributed by atoms with Gasteiger partial charge in [-0.1, -0.05) is 18.2 Å². The van der Waals surface area contributed by atoms with Gasteiger partial charge in [-0.25, -0.2) is 13.7 Å². The van der Waals surface area contributed by atoms with Crippen LogP contribution in [0.25, 0.3) is 5.57 Å². The number of benzene rings is 2. The number of nitrogens with zero attached hydrogens (tertiary/aromatic N) is 2. The molecule has 0 saturated heterocycles. The summed E-state index contributed by atoms with van der Waals surface area (Å²) in [7, 11) is 4.47. The molecule has 1 aliphatic rings. The van der Waals surface area contributed by atoms with E-state index in [2.05, 4.69) is 0 Å². The number of halogens is 2. The number of ether oxygens (including phenoxy) is 3. The van der Waals surface area contributed by atoms with Crippen LogP contribution in [0.3, 0.4) is 0 Å². The minimum Gasteiger partial charge on any atom is -0.496 e. The molecule has 0 spiro atoms. The van der Waals surface area contributed by atoms with E-state index in [1.54, 1.807) is 29.2 Å². The van der Waals surface area contributed by atoms with Crippen molar-refractivity contribution in [2.45, 2.75) is 0 Å². The average molecular weight is 446 g/mol. The molecule has 32 heavy (non-hydrogen) atoms. The van der Waals surface area contributed by atoms with E-state index in [0.717, 1.165) is 18.2 Å². The first-order valence-electron chi connectivity index (χ1n) is 9.88. The number of anilines is 1. The van der Waals surface area contributed by atoms with Gasteiger partial charge in [0.1, 0.15) is 23.1 Å². The molecule has 0 aliphatic carbocycles. The highest BCUT2D eigenvalue weighted by molar-refractivity contribution is 6.45. The number of methoxy groups -OCH3 is 3. The van der Waals surface area contributed by atoms with Gasteiger partial charge in [0, 0.05) is 38.9 Å². The van der Waals surface area contributed by atoms with Crippen molar-refractivity contribution in [1.29, 1.82) is 0 Å². The van der Waals surface area contributed by atoms with E-state index in [0.29, 0.717) is 16.2 Å². The molecule has 1 aliphatic heterocycles. The first-order valence-corrected chi connectivity index (χ1v) is 9.88. The molecular formula is C23H24F2N2O5. The van der Waals surface area contributed by atoms with Gasteiger partial charge >= 0.3 is 0 Å². The van der Waals surface area contributed by atoms with Gasteiger partial charge in [0.2, 0.25) is 0 Å². The normalized spacial score (nSPS) is 13.8. The molecule has 0 N–H and O–H groups in total. The molecule has 2 aromatic rings. The Morgan fingerprint density at radius 2 is 1.56 bits per heavy atom. The summed E-state index contributed by atoms with van der Waals surface area (Å²) in [6.07, 6.45) is 0. The number of imide groups is 1. The summed E-state index contributed by atoms with van der Waals surface area (Å²) < 4.78 is 44.2. The van der Waals surface area contributed by atoms with Crippen LogP contribution in [0.5, 0.6) is 5.75 Å². The predicted octanol–water partition coefficient (Wildman–Crippen LogP) is 2.85. The Hall–Kier alpha value is -3.30. The zero-order valence-corrected chi connectivity index (χ0v) is 18.1. The van der Waals surface area contributed by atoms with Gasteiger partial charge in [-0.3, -0.25) is 9.59 Å². The van der Waals surface area contributed by atoms with Crippen LogP contribution in [0.15, 0.2) is 48.2 Å². The van der Waals surface area contributed by atoms with Gasteiger partial charge in [-0.05, 0) is 18.2 Å². The van der Waals surface area contributed by atoms with E-state index in [1.165, 1.54) is 21.3 Å². The van der Waals surface area contributed by atoms with Crippen molar-refractivity contribution in [3.63, 3.8) is 0 Å². The quantitative estimate of drug-likeness (QED) is 0.523. The van der Waals surface area contributed by atoms with Crippen LogP contribution in [0, 0.1) is 11.6 Å². The van der Waals surface area contributed by atoms with E-state index in [-0.39, 0.29) is 37.6 Å². The third-order valence-electron chi connectivity index (χ3n) is 5.03. The van der Waals surface area contributed by atoms with Crippen LogP contribution in [-0.4, -0.2) is 64.3 Å². The van der Waals surface area contributed by atoms with Gasteiger partial charge in [0.05, 0.1) is 31.6 Å². The fourth-order valence-electron chi connectivity index (χ4n) is 3.52. The van der Waals surface area contributed by atoms with Crippen LogP contribution in [0.1, 0.15) is 5.56 Å². The van der Waals surface area contributed by atoms with Crippen LogP contribution in [0.4, 0.5) is 14.5 Å². The molecule has 0 aromatic heterocycles. The molecule has 0 radical (unpaired) electrons. The summed E-state index contributed by atoms with van der Waals surface area (Å²) in [5, 5.41) is 0. The molecule has 1 heterocycles. The number of amides is 2. The lowest BCUT2D eigenvalue weighted by Crippen LogP contribution is -2.38. The number of hydrogen-bond donors (Lipinski definition) is 0. The summed E-state index contributed by atoms with van der Waals surface area (Å²) in [6, 6.07) is 9.32. The maximum atomic E-state index is 14.6. The maximum Gasteiger partial charge on any atom is 0.282 e. The molecule has 0 fully saturated rings. The van der Waals surface area contributed by atoms with Crippen LogP contribution in [0.2, 0.25) is 0 Å². The first-order chi connectivity index (χ1) is 15.4. The molecule has 2 amide bonds. The molecular weight excluding hydrogens is 422 g/mol. The van der Waals surface area contributed by atoms with E-state index in [9.17, 15) is 18.4 Å². The Balaban J connectivity index is 2.21. The number of carbonyl (C=O) groups excluding carboxylic acids is 2. The summed E-state index contributed by atoms with van der Waals surface area (Å²) in [6.45, 7) is 1.07. The minimum absolute atomic E-state index is 0.0308. The van der Waals surface area contributed by atoms with Gasteiger partial charge in [-0.2, -0.15) is 0 Å². The largest absolute Gasteiger partial charge is 0.496 e. The molecule has 0 bridgehead atoms. The lowest BCUT2D eigenvalue weighted by Gasteiger charge is -2.26. The van der Waals surface area contributed by atoms with Crippen molar-refractivity contribution in [3.8, 4) is 5.75 Å². The first kappa shape index (κ1) is 23.4. The summed E-state index contributed by atoms with van der Waals surface area (Å²) in [4.78, 5) is 29.3. The zero-order valence-electron chi connectivity index (χ0n) is 18.1. The molecule has 2 aromatic carbocycles. The number of hydrogen-bond acceptors (Lipinski definition) is 6. The third-order valence-corrected chi connectivity index (χ3v) is 5.03. The van der Waals surface area contributed by atoms with E-state index in [1.807, 2.05) is 0 Å². The smallest absolute Gasteiger partial charge is 0.282 e. The van der Waals surface area contributed by atoms with Crippen molar-refractivity contribution in [1.82, 2.24) is 4.90 Å². The second kappa shape index (κ2) is 10.3. The summed E-state index contributed by atoms with van der Waals surface area (Å²) in [5.74, 6) is -2.86. The second-order valence-corrected chi connectivity index (χ2v) is 6.94. The number of carbonyl (C=O) groups is 2. The third kappa shape index (κ3) is 4.49. The Labute approximate surface area is 184 Å². The van der Waals surface area contributed by atoms with Crippen LogP contribution in [-0.2, 0) is 19.1 Å². The lowest BCUT2D eigenvalue weighted by atomic mass is 10.0. The van der Waals surface area contributed by atoms with Gasteiger partial charge in [0.25, 0.3) is 11.8 Å². The second-order valence-electron chi connectivity index (χ2n) is 6.94. The van der Waals surface area contributed by atoms with Crippen molar-refractivity contribution in [2.75, 3.05) is 52.5 Å². The van der Waals surface area contributed by atoms with E-state index >= 15 is 0 Å². The topological polar surface area (TPSA) is 68.3 Å². The average Bonchev–Trinajstić information content (AvgIpc) is 3.05. The van der Waals surface area contributed by atoms with Crippen molar-refractivity contribution in [3.05, 3.63) is 65.4 Å². The van der Waals surface area contributed by atoms with E-state index < -0.39 is 29.1 Å². The highest BCUT2D eigenvalue weighted by Gasteiger charge is 2.44. The van der Waals surface area contributed by atoms with Gasteiger partial charge < -0.3 is 19.1 Å². The van der Waals surface area contributed by atoms with Gasteiger partial charge in [-0.15, -0.1) is 0 Å². The number of para-hydroxylation sites is 1. The Morgan fingerprint density at radius 1 is 0.906 bits per heavy atom. The Morgan fingerprint density at radius 3 is 2.19 bits per heavy atom. The molecule has 3 rings (SSSR count). The van der Waals surface area contributed by atoms with Crippen molar-refractivity contribution >= 4 is 23.1 Å². The molecule has 0 unspecified atom stereocenters. The number of rotatable bonds is 10.